The van der Waals surface area contributed by atoms with E-state index in [1.54, 1.807) is 12.4 Å². The van der Waals surface area contributed by atoms with Gasteiger partial charge in [0, 0.05) is 29.4 Å². The predicted molar refractivity (Wildman–Crippen MR) is 101 cm³/mol. The fourth-order valence-corrected chi connectivity index (χ4v) is 3.33. The molecule has 7 heteroatoms. The summed E-state index contributed by atoms with van der Waals surface area (Å²) in [5.41, 5.74) is 4.21. The van der Waals surface area contributed by atoms with E-state index in [0.29, 0.717) is 12.2 Å². The summed E-state index contributed by atoms with van der Waals surface area (Å²) in [4.78, 5) is 19.5. The number of H-pyrrole nitrogens is 2. The average molecular weight is 358 g/mol. The molecule has 0 radical (unpaired) electrons. The van der Waals surface area contributed by atoms with Gasteiger partial charge in [-0.05, 0) is 42.7 Å². The van der Waals surface area contributed by atoms with Crippen LogP contribution in [-0.4, -0.2) is 42.2 Å². The summed E-state index contributed by atoms with van der Waals surface area (Å²) in [6, 6.07) is 12.0. The Morgan fingerprint density at radius 3 is 2.85 bits per heavy atom. The van der Waals surface area contributed by atoms with Gasteiger partial charge in [-0.3, -0.25) is 20.0 Å². The molecule has 27 heavy (non-hydrogen) atoms. The second kappa shape index (κ2) is 6.35. The van der Waals surface area contributed by atoms with Crippen molar-refractivity contribution in [1.29, 1.82) is 0 Å². The van der Waals surface area contributed by atoms with Gasteiger partial charge in [0.15, 0.2) is 5.69 Å². The van der Waals surface area contributed by atoms with Gasteiger partial charge in [-0.1, -0.05) is 12.1 Å². The molecule has 7 nitrogen and oxygen atoms in total. The van der Waals surface area contributed by atoms with Crippen molar-refractivity contribution in [2.24, 2.45) is 0 Å². The minimum absolute atomic E-state index is 0.0505. The Kier molecular flexibility index (Phi) is 3.71. The van der Waals surface area contributed by atoms with Crippen molar-refractivity contribution in [2.75, 3.05) is 0 Å². The normalized spacial score (nSPS) is 13.8. The summed E-state index contributed by atoms with van der Waals surface area (Å²) in [6.07, 6.45) is 7.43. The molecule has 1 fully saturated rings. The number of carbonyl (C=O) groups excluding carboxylic acids is 1. The van der Waals surface area contributed by atoms with Crippen LogP contribution in [0, 0.1) is 0 Å². The molecule has 1 aliphatic rings. The number of pyridine rings is 1. The summed E-state index contributed by atoms with van der Waals surface area (Å²) < 4.78 is 0. The Morgan fingerprint density at radius 1 is 1.19 bits per heavy atom. The molecule has 0 aliphatic heterocycles. The monoisotopic (exact) mass is 358 g/mol. The van der Waals surface area contributed by atoms with E-state index in [9.17, 15) is 4.79 Å². The first kappa shape index (κ1) is 15.7. The van der Waals surface area contributed by atoms with Gasteiger partial charge in [-0.15, -0.1) is 0 Å². The Labute approximate surface area is 155 Å². The van der Waals surface area contributed by atoms with Crippen LogP contribution >= 0.6 is 0 Å². The van der Waals surface area contributed by atoms with Gasteiger partial charge in [-0.25, -0.2) is 0 Å². The van der Waals surface area contributed by atoms with Crippen LogP contribution in [0.1, 0.15) is 29.0 Å². The van der Waals surface area contributed by atoms with Crippen LogP contribution in [0.5, 0.6) is 0 Å². The van der Waals surface area contributed by atoms with Crippen LogP contribution < -0.4 is 0 Å². The van der Waals surface area contributed by atoms with Crippen molar-refractivity contribution in [3.05, 3.63) is 66.4 Å². The molecule has 1 saturated carbocycles. The quantitative estimate of drug-likeness (QED) is 0.573. The highest BCUT2D eigenvalue weighted by molar-refractivity contribution is 6.05. The molecule has 1 amide bonds. The Balaban J connectivity index is 1.47. The van der Waals surface area contributed by atoms with Gasteiger partial charge in [-0.2, -0.15) is 10.2 Å². The molecule has 3 aromatic heterocycles. The number of benzene rings is 1. The van der Waals surface area contributed by atoms with E-state index in [4.69, 9.17) is 0 Å². The zero-order chi connectivity index (χ0) is 18.2. The van der Waals surface area contributed by atoms with E-state index in [1.165, 1.54) is 0 Å². The van der Waals surface area contributed by atoms with Crippen molar-refractivity contribution in [3.8, 4) is 11.1 Å². The number of rotatable bonds is 5. The van der Waals surface area contributed by atoms with E-state index < -0.39 is 0 Å². The number of aromatic nitrogens is 5. The maximum absolute atomic E-state index is 13.2. The molecule has 4 aromatic rings. The third-order valence-electron chi connectivity index (χ3n) is 4.90. The predicted octanol–water partition coefficient (Wildman–Crippen LogP) is 3.15. The summed E-state index contributed by atoms with van der Waals surface area (Å²) in [5, 5.41) is 15.0. The minimum atomic E-state index is -0.0505. The Bertz CT molecular complexity index is 1080. The molecule has 0 spiro atoms. The highest BCUT2D eigenvalue weighted by Gasteiger charge is 2.34. The molecule has 1 aliphatic carbocycles. The third-order valence-corrected chi connectivity index (χ3v) is 4.90. The van der Waals surface area contributed by atoms with Gasteiger partial charge in [0.05, 0.1) is 24.0 Å². The highest BCUT2D eigenvalue weighted by atomic mass is 16.2. The molecule has 134 valence electrons. The Hall–Kier alpha value is -3.48. The number of amides is 1. The molecule has 5 rings (SSSR count). The number of carbonyl (C=O) groups is 1. The lowest BCUT2D eigenvalue weighted by Crippen LogP contribution is -2.33. The van der Waals surface area contributed by atoms with Crippen molar-refractivity contribution < 1.29 is 4.79 Å². The minimum Gasteiger partial charge on any atom is -0.328 e. The van der Waals surface area contributed by atoms with Crippen LogP contribution in [-0.2, 0) is 6.54 Å². The van der Waals surface area contributed by atoms with Gasteiger partial charge >= 0.3 is 0 Å². The maximum Gasteiger partial charge on any atom is 0.275 e. The van der Waals surface area contributed by atoms with E-state index in [2.05, 4.69) is 25.4 Å². The average Bonchev–Trinajstić information content (AvgIpc) is 3.23. The maximum atomic E-state index is 13.2. The van der Waals surface area contributed by atoms with Gasteiger partial charge < -0.3 is 4.90 Å². The van der Waals surface area contributed by atoms with Crippen molar-refractivity contribution in [1.82, 2.24) is 30.3 Å². The summed E-state index contributed by atoms with van der Waals surface area (Å²) >= 11 is 0. The first-order valence-electron chi connectivity index (χ1n) is 8.98. The number of nitrogens with one attached hydrogen (secondary N) is 2. The number of hydrogen-bond donors (Lipinski definition) is 2. The molecular weight excluding hydrogens is 340 g/mol. The van der Waals surface area contributed by atoms with E-state index in [-0.39, 0.29) is 11.9 Å². The summed E-state index contributed by atoms with van der Waals surface area (Å²) in [6.45, 7) is 0.506. The second-order valence-corrected chi connectivity index (χ2v) is 6.80. The topological polar surface area (TPSA) is 90.6 Å². The first-order valence-corrected chi connectivity index (χ1v) is 8.98. The molecule has 3 heterocycles. The SMILES string of the molecule is O=C(c1n[nH]c2cc(-c3cn[nH]c3)ccc12)N(Cc1ccccn1)C1CC1. The number of nitrogens with zero attached hydrogens (tertiary/aromatic N) is 4. The van der Waals surface area contributed by atoms with Crippen LogP contribution in [0.3, 0.4) is 0 Å². The van der Waals surface area contributed by atoms with Gasteiger partial charge in [0.2, 0.25) is 0 Å². The van der Waals surface area contributed by atoms with E-state index in [1.807, 2.05) is 47.5 Å². The lowest BCUT2D eigenvalue weighted by Gasteiger charge is -2.21. The number of aromatic amines is 2. The highest BCUT2D eigenvalue weighted by Crippen LogP contribution is 2.31. The molecule has 0 atom stereocenters. The zero-order valence-electron chi connectivity index (χ0n) is 14.6. The van der Waals surface area contributed by atoms with Gasteiger partial charge in [0.25, 0.3) is 5.91 Å². The molecule has 0 bridgehead atoms. The molecule has 0 unspecified atom stereocenters. The molecule has 1 aromatic carbocycles. The zero-order valence-corrected chi connectivity index (χ0v) is 14.6. The molecular formula is C20H18N6O. The van der Waals surface area contributed by atoms with Crippen LogP contribution in [0.2, 0.25) is 0 Å². The number of fused-ring (bicyclic) bond motifs is 1. The lowest BCUT2D eigenvalue weighted by molar-refractivity contribution is 0.0723. The molecule has 0 saturated heterocycles. The van der Waals surface area contributed by atoms with E-state index in [0.717, 1.165) is 40.6 Å². The second-order valence-electron chi connectivity index (χ2n) is 6.80. The van der Waals surface area contributed by atoms with Crippen LogP contribution in [0.25, 0.3) is 22.0 Å². The Morgan fingerprint density at radius 2 is 2.11 bits per heavy atom. The fraction of sp³-hybridized carbons (Fsp3) is 0.200. The van der Waals surface area contributed by atoms with Crippen LogP contribution in [0.15, 0.2) is 55.0 Å². The first-order chi connectivity index (χ1) is 13.3. The standard InChI is InChI=1S/C20H18N6O/c27-20(26(16-5-6-16)12-15-3-1-2-8-21-15)19-17-7-4-13(9-18(17)24-25-19)14-10-22-23-11-14/h1-4,7-11,16H,5-6,12H2,(H,22,23)(H,24,25). The van der Waals surface area contributed by atoms with Crippen LogP contribution in [0.4, 0.5) is 0 Å². The fourth-order valence-electron chi connectivity index (χ4n) is 3.33. The number of hydrogen-bond acceptors (Lipinski definition) is 4. The van der Waals surface area contributed by atoms with Crippen molar-refractivity contribution >= 4 is 16.8 Å². The summed E-state index contributed by atoms with van der Waals surface area (Å²) in [7, 11) is 0. The lowest BCUT2D eigenvalue weighted by atomic mass is 10.1. The van der Waals surface area contributed by atoms with Crippen molar-refractivity contribution in [3.63, 3.8) is 0 Å². The smallest absolute Gasteiger partial charge is 0.275 e. The largest absolute Gasteiger partial charge is 0.328 e. The third kappa shape index (κ3) is 2.97. The van der Waals surface area contributed by atoms with Crippen molar-refractivity contribution in [2.45, 2.75) is 25.4 Å². The molecule has 2 N–H and O–H groups in total. The van der Waals surface area contributed by atoms with Gasteiger partial charge in [0.1, 0.15) is 0 Å². The summed E-state index contributed by atoms with van der Waals surface area (Å²) in [5.74, 6) is -0.0505. The van der Waals surface area contributed by atoms with E-state index >= 15 is 0 Å².